The fraction of sp³-hybridized carbons (Fsp3) is 0.370. The maximum absolute atomic E-state index is 10.4. The molecular formula is C27H33N3O2Si. The number of likely N-dealkylation sites (tertiary alicyclic amines) is 1. The first-order chi connectivity index (χ1) is 16.0. The van der Waals surface area contributed by atoms with E-state index in [1.165, 1.54) is 15.9 Å². The van der Waals surface area contributed by atoms with Gasteiger partial charge in [-0.1, -0.05) is 74.5 Å². The molecule has 6 heteroatoms. The SMILES string of the molecule is CC1(C)c2ccccc2[Si]1(OCC1CN(CC(O)CNc2ccccn2)C1)c1ccccc1. The normalized spacial score (nSPS) is 22.6. The zero-order valence-electron chi connectivity index (χ0n) is 19.4. The number of aromatic nitrogens is 1. The predicted molar refractivity (Wildman–Crippen MR) is 136 cm³/mol. The molecule has 5 nitrogen and oxygen atoms in total. The molecule has 1 saturated heterocycles. The molecule has 0 saturated carbocycles. The lowest BCUT2D eigenvalue weighted by atomic mass is 10.00. The molecule has 0 bridgehead atoms. The first-order valence-corrected chi connectivity index (χ1v) is 13.8. The van der Waals surface area contributed by atoms with Crippen molar-refractivity contribution >= 4 is 24.5 Å². The molecule has 2 N–H and O–H groups in total. The Bertz CT molecular complexity index is 1070. The summed E-state index contributed by atoms with van der Waals surface area (Å²) in [7, 11) is -2.30. The second-order valence-corrected chi connectivity index (χ2v) is 13.9. The van der Waals surface area contributed by atoms with Crippen LogP contribution in [0.1, 0.15) is 19.4 Å². The van der Waals surface area contributed by atoms with Gasteiger partial charge in [-0.25, -0.2) is 4.98 Å². The summed E-state index contributed by atoms with van der Waals surface area (Å²) in [6, 6.07) is 25.4. The summed E-state index contributed by atoms with van der Waals surface area (Å²) in [6.07, 6.45) is 1.33. The van der Waals surface area contributed by atoms with Gasteiger partial charge in [-0.05, 0) is 28.1 Å². The molecule has 2 aliphatic rings. The first-order valence-electron chi connectivity index (χ1n) is 11.9. The number of anilines is 1. The summed E-state index contributed by atoms with van der Waals surface area (Å²) in [5.74, 6) is 1.31. The van der Waals surface area contributed by atoms with Gasteiger partial charge in [-0.15, -0.1) is 0 Å². The van der Waals surface area contributed by atoms with Crippen LogP contribution in [-0.2, 0) is 9.46 Å². The van der Waals surface area contributed by atoms with Crippen LogP contribution in [0.25, 0.3) is 0 Å². The molecule has 172 valence electrons. The number of benzene rings is 2. The van der Waals surface area contributed by atoms with Crippen LogP contribution in [0.15, 0.2) is 79.0 Å². The molecule has 0 aliphatic carbocycles. The first kappa shape index (κ1) is 22.3. The van der Waals surface area contributed by atoms with E-state index in [1.807, 2.05) is 18.2 Å². The molecule has 2 atom stereocenters. The highest BCUT2D eigenvalue weighted by Gasteiger charge is 2.63. The maximum atomic E-state index is 10.4. The summed E-state index contributed by atoms with van der Waals surface area (Å²) >= 11 is 0. The van der Waals surface area contributed by atoms with Crippen molar-refractivity contribution in [2.24, 2.45) is 5.92 Å². The lowest BCUT2D eigenvalue weighted by Crippen LogP contribution is -2.81. The standard InChI is InChI=1S/C27H33N3O2Si/c1-27(2)24-12-6-7-13-25(24)33(27,23-10-4-3-5-11-23)32-20-21-17-30(18-21)19-22(31)16-29-26-14-8-9-15-28-26/h3-15,21-22,31H,16-20H2,1-2H3,(H,28,29). The lowest BCUT2D eigenvalue weighted by molar-refractivity contribution is 0.0222. The summed E-state index contributed by atoms with van der Waals surface area (Å²) in [6.45, 7) is 8.61. The second-order valence-electron chi connectivity index (χ2n) is 9.86. The van der Waals surface area contributed by atoms with Gasteiger partial charge in [0.2, 0.25) is 0 Å². The van der Waals surface area contributed by atoms with E-state index in [0.717, 1.165) is 25.5 Å². The minimum atomic E-state index is -2.30. The molecule has 0 amide bonds. The predicted octanol–water partition coefficient (Wildman–Crippen LogP) is 2.39. The van der Waals surface area contributed by atoms with Gasteiger partial charge < -0.3 is 14.8 Å². The number of β-amino-alcohol motifs (C(OH)–C–C–N with tert-alkyl or cyclic N) is 1. The van der Waals surface area contributed by atoms with Crippen LogP contribution in [0, 0.1) is 5.92 Å². The molecule has 0 radical (unpaired) electrons. The Morgan fingerprint density at radius 1 is 1.06 bits per heavy atom. The van der Waals surface area contributed by atoms with Crippen molar-refractivity contribution in [3.05, 3.63) is 84.6 Å². The summed E-state index contributed by atoms with van der Waals surface area (Å²) in [5.41, 5.74) is 1.43. The smallest absolute Gasteiger partial charge is 0.265 e. The zero-order chi connectivity index (χ0) is 22.9. The van der Waals surface area contributed by atoms with E-state index in [0.29, 0.717) is 19.0 Å². The van der Waals surface area contributed by atoms with Gasteiger partial charge in [0, 0.05) is 49.9 Å². The van der Waals surface area contributed by atoms with Gasteiger partial charge in [0.05, 0.1) is 6.10 Å². The summed E-state index contributed by atoms with van der Waals surface area (Å²) < 4.78 is 6.99. The number of aliphatic hydroxyl groups excluding tert-OH is 1. The molecule has 3 aromatic rings. The van der Waals surface area contributed by atoms with Gasteiger partial charge >= 0.3 is 0 Å². The number of aliphatic hydroxyl groups is 1. The quantitative estimate of drug-likeness (QED) is 0.481. The maximum Gasteiger partial charge on any atom is 0.265 e. The molecule has 0 spiro atoms. The highest BCUT2D eigenvalue weighted by atomic mass is 28.4. The molecule has 2 unspecified atom stereocenters. The van der Waals surface area contributed by atoms with E-state index in [1.54, 1.807) is 6.20 Å². The molecule has 2 aliphatic heterocycles. The van der Waals surface area contributed by atoms with Gasteiger partial charge in [0.15, 0.2) is 0 Å². The Kier molecular flexibility index (Phi) is 6.10. The number of hydrogen-bond donors (Lipinski definition) is 2. The minimum Gasteiger partial charge on any atom is -0.407 e. The highest BCUT2D eigenvalue weighted by Crippen LogP contribution is 2.43. The number of nitrogens with zero attached hydrogens (tertiary/aromatic N) is 2. The fourth-order valence-electron chi connectivity index (χ4n) is 5.56. The van der Waals surface area contributed by atoms with Crippen molar-refractivity contribution in [2.45, 2.75) is 25.0 Å². The van der Waals surface area contributed by atoms with Gasteiger partial charge in [-0.3, -0.25) is 4.90 Å². The molecule has 2 aromatic carbocycles. The average molecular weight is 460 g/mol. The van der Waals surface area contributed by atoms with Crippen molar-refractivity contribution in [2.75, 3.05) is 38.1 Å². The fourth-order valence-corrected chi connectivity index (χ4v) is 10.6. The highest BCUT2D eigenvalue weighted by molar-refractivity contribution is 7.03. The van der Waals surface area contributed by atoms with Crippen LogP contribution in [0.5, 0.6) is 0 Å². The Labute approximate surface area is 197 Å². The average Bonchev–Trinajstić information content (AvgIpc) is 2.82. The Balaban J connectivity index is 1.18. The van der Waals surface area contributed by atoms with Crippen molar-refractivity contribution in [1.82, 2.24) is 9.88 Å². The third-order valence-electron chi connectivity index (χ3n) is 7.26. The monoisotopic (exact) mass is 459 g/mol. The number of fused-ring (bicyclic) bond motifs is 1. The van der Waals surface area contributed by atoms with Gasteiger partial charge in [0.1, 0.15) is 5.82 Å². The number of rotatable bonds is 9. The Hall–Kier alpha value is -2.51. The number of nitrogens with one attached hydrogen (secondary N) is 1. The molecule has 33 heavy (non-hydrogen) atoms. The summed E-state index contributed by atoms with van der Waals surface area (Å²) in [5, 5.41) is 16.4. The Morgan fingerprint density at radius 3 is 2.55 bits per heavy atom. The van der Waals surface area contributed by atoms with Crippen LogP contribution < -0.4 is 15.7 Å². The number of hydrogen-bond acceptors (Lipinski definition) is 5. The topological polar surface area (TPSA) is 57.6 Å². The minimum absolute atomic E-state index is 0.0434. The third-order valence-corrected chi connectivity index (χ3v) is 12.2. The molecule has 5 rings (SSSR count). The van der Waals surface area contributed by atoms with Crippen LogP contribution in [0.3, 0.4) is 0 Å². The molecular weight excluding hydrogens is 426 g/mol. The van der Waals surface area contributed by atoms with Gasteiger partial charge in [0.25, 0.3) is 8.32 Å². The van der Waals surface area contributed by atoms with Crippen molar-refractivity contribution in [3.8, 4) is 0 Å². The van der Waals surface area contributed by atoms with Gasteiger partial charge in [-0.2, -0.15) is 0 Å². The summed E-state index contributed by atoms with van der Waals surface area (Å²) in [4.78, 5) is 6.56. The second kappa shape index (κ2) is 9.03. The number of pyridine rings is 1. The van der Waals surface area contributed by atoms with E-state index in [4.69, 9.17) is 4.43 Å². The zero-order valence-corrected chi connectivity index (χ0v) is 20.4. The van der Waals surface area contributed by atoms with Crippen LogP contribution in [0.2, 0.25) is 0 Å². The molecule has 3 heterocycles. The van der Waals surface area contributed by atoms with E-state index in [9.17, 15) is 5.11 Å². The Morgan fingerprint density at radius 2 is 1.79 bits per heavy atom. The van der Waals surface area contributed by atoms with Crippen LogP contribution >= 0.6 is 0 Å². The largest absolute Gasteiger partial charge is 0.407 e. The van der Waals surface area contributed by atoms with Crippen molar-refractivity contribution < 1.29 is 9.53 Å². The van der Waals surface area contributed by atoms with E-state index >= 15 is 0 Å². The van der Waals surface area contributed by atoms with Crippen molar-refractivity contribution in [1.29, 1.82) is 0 Å². The third kappa shape index (κ3) is 4.02. The van der Waals surface area contributed by atoms with E-state index < -0.39 is 14.4 Å². The van der Waals surface area contributed by atoms with Crippen molar-refractivity contribution in [3.63, 3.8) is 0 Å². The molecule has 1 fully saturated rings. The molecule has 1 aromatic heterocycles. The van der Waals surface area contributed by atoms with E-state index in [-0.39, 0.29) is 5.04 Å². The van der Waals surface area contributed by atoms with E-state index in [2.05, 4.69) is 83.6 Å². The van der Waals surface area contributed by atoms with Crippen LogP contribution in [-0.4, -0.2) is 62.2 Å². The van der Waals surface area contributed by atoms with Crippen LogP contribution in [0.4, 0.5) is 5.82 Å². The lowest BCUT2D eigenvalue weighted by Gasteiger charge is -2.56.